The number of carbonyl (C=O) groups is 1. The lowest BCUT2D eigenvalue weighted by molar-refractivity contribution is -0.383. The number of rotatable bonds is 4. The number of phenols is 1. The molecule has 0 saturated carbocycles. The summed E-state index contributed by atoms with van der Waals surface area (Å²) in [6.07, 6.45) is -0.0237. The number of hydrogen-bond donors (Lipinski definition) is 3. The van der Waals surface area contributed by atoms with Gasteiger partial charge in [0.05, 0.1) is 21.9 Å². The Hall–Kier alpha value is -2.61. The van der Waals surface area contributed by atoms with Crippen LogP contribution in [0.3, 0.4) is 0 Å². The van der Waals surface area contributed by atoms with Gasteiger partial charge in [0.15, 0.2) is 0 Å². The lowest BCUT2D eigenvalue weighted by Gasteiger charge is -2.07. The number of carboxylic acid groups (broad SMARTS) is 1. The Labute approximate surface area is 119 Å². The van der Waals surface area contributed by atoms with Crippen LogP contribution in [0.15, 0.2) is 12.1 Å². The number of aromatic nitrogens is 1. The summed E-state index contributed by atoms with van der Waals surface area (Å²) in [5, 5.41) is 30.1. The highest BCUT2D eigenvalue weighted by Crippen LogP contribution is 2.36. The second kappa shape index (κ2) is 5.06. The van der Waals surface area contributed by atoms with E-state index in [4.69, 9.17) is 10.8 Å². The van der Waals surface area contributed by atoms with Crippen LogP contribution in [0.25, 0.3) is 10.9 Å². The molecule has 0 aliphatic rings. The van der Waals surface area contributed by atoms with Crippen molar-refractivity contribution < 1.29 is 19.9 Å². The first-order valence-corrected chi connectivity index (χ1v) is 6.17. The summed E-state index contributed by atoms with van der Waals surface area (Å²) in [5.74, 6) is -1.39. The molecule has 0 aliphatic carbocycles. The number of nitro groups is 1. The van der Waals surface area contributed by atoms with Crippen molar-refractivity contribution in [1.29, 1.82) is 0 Å². The third-order valence-electron chi connectivity index (χ3n) is 3.62. The minimum Gasteiger partial charge on any atom is -0.508 e. The van der Waals surface area contributed by atoms with Gasteiger partial charge in [0.1, 0.15) is 11.8 Å². The maximum Gasteiger partial charge on any atom is 0.320 e. The van der Waals surface area contributed by atoms with Crippen molar-refractivity contribution in [3.8, 4) is 5.75 Å². The highest BCUT2D eigenvalue weighted by molar-refractivity contribution is 5.95. The highest BCUT2D eigenvalue weighted by Gasteiger charge is 2.25. The van der Waals surface area contributed by atoms with E-state index in [2.05, 4.69) is 0 Å². The number of hydrogen-bond acceptors (Lipinski definition) is 5. The van der Waals surface area contributed by atoms with E-state index in [9.17, 15) is 20.0 Å². The molecule has 0 spiro atoms. The lowest BCUT2D eigenvalue weighted by atomic mass is 10.0. The average Bonchev–Trinajstić information content (AvgIpc) is 2.63. The topological polar surface area (TPSA) is 132 Å². The van der Waals surface area contributed by atoms with Crippen molar-refractivity contribution in [3.63, 3.8) is 0 Å². The van der Waals surface area contributed by atoms with E-state index in [1.807, 2.05) is 0 Å². The number of phenolic OH excluding ortho intramolecular Hbond substituents is 1. The van der Waals surface area contributed by atoms with Crippen LogP contribution in [0.2, 0.25) is 0 Å². The molecule has 112 valence electrons. The molecule has 1 heterocycles. The van der Waals surface area contributed by atoms with Gasteiger partial charge in [-0.1, -0.05) is 0 Å². The predicted molar refractivity (Wildman–Crippen MR) is 75.3 cm³/mol. The fraction of sp³-hybridized carbons (Fsp3) is 0.308. The maximum atomic E-state index is 11.2. The molecule has 2 rings (SSSR count). The van der Waals surface area contributed by atoms with Crippen LogP contribution in [0.5, 0.6) is 5.75 Å². The standard InChI is InChI=1S/C13H15N3O5/c1-6-8(5-9(14)13(18)19)12-10(15(6)2)3-7(17)4-11(12)16(20)21/h3-4,9,17H,5,14H2,1-2H3,(H,18,19). The van der Waals surface area contributed by atoms with Crippen molar-refractivity contribution in [2.24, 2.45) is 12.8 Å². The van der Waals surface area contributed by atoms with Crippen molar-refractivity contribution in [3.05, 3.63) is 33.5 Å². The van der Waals surface area contributed by atoms with Crippen LogP contribution >= 0.6 is 0 Å². The summed E-state index contributed by atoms with van der Waals surface area (Å²) in [4.78, 5) is 21.5. The normalized spacial score (nSPS) is 12.5. The zero-order valence-electron chi connectivity index (χ0n) is 11.5. The van der Waals surface area contributed by atoms with Crippen LogP contribution < -0.4 is 5.73 Å². The lowest BCUT2D eigenvalue weighted by Crippen LogP contribution is -2.32. The Morgan fingerprint density at radius 2 is 2.14 bits per heavy atom. The zero-order chi connectivity index (χ0) is 15.9. The number of fused-ring (bicyclic) bond motifs is 1. The van der Waals surface area contributed by atoms with Gasteiger partial charge in [-0.05, 0) is 12.5 Å². The molecular weight excluding hydrogens is 278 g/mol. The molecule has 0 saturated heterocycles. The van der Waals surface area contributed by atoms with Gasteiger partial charge in [-0.2, -0.15) is 0 Å². The average molecular weight is 293 g/mol. The Balaban J connectivity index is 2.78. The van der Waals surface area contributed by atoms with Gasteiger partial charge >= 0.3 is 5.97 Å². The van der Waals surface area contributed by atoms with E-state index in [1.54, 1.807) is 18.5 Å². The van der Waals surface area contributed by atoms with Gasteiger partial charge in [0, 0.05) is 25.2 Å². The van der Waals surface area contributed by atoms with E-state index in [0.717, 1.165) is 6.07 Å². The molecule has 4 N–H and O–H groups in total. The maximum absolute atomic E-state index is 11.2. The van der Waals surface area contributed by atoms with Gasteiger partial charge in [0.25, 0.3) is 5.69 Å². The summed E-state index contributed by atoms with van der Waals surface area (Å²) >= 11 is 0. The fourth-order valence-corrected chi connectivity index (χ4v) is 2.44. The quantitative estimate of drug-likeness (QED) is 0.570. The smallest absolute Gasteiger partial charge is 0.320 e. The van der Waals surface area contributed by atoms with E-state index >= 15 is 0 Å². The molecule has 1 aromatic carbocycles. The SMILES string of the molecule is Cc1c(CC(N)C(=O)O)c2c([N+](=O)[O-])cc(O)cc2n1C. The van der Waals surface area contributed by atoms with Crippen LogP contribution in [0.4, 0.5) is 5.69 Å². The molecule has 21 heavy (non-hydrogen) atoms. The molecule has 1 unspecified atom stereocenters. The van der Waals surface area contributed by atoms with E-state index in [-0.39, 0.29) is 17.9 Å². The minimum atomic E-state index is -1.17. The number of carboxylic acids is 1. The van der Waals surface area contributed by atoms with Crippen molar-refractivity contribution in [1.82, 2.24) is 4.57 Å². The monoisotopic (exact) mass is 293 g/mol. The van der Waals surface area contributed by atoms with Crippen LogP contribution in [0, 0.1) is 17.0 Å². The second-order valence-electron chi connectivity index (χ2n) is 4.89. The molecule has 2 aromatic rings. The van der Waals surface area contributed by atoms with Gasteiger partial charge in [-0.25, -0.2) is 0 Å². The summed E-state index contributed by atoms with van der Waals surface area (Å²) < 4.78 is 1.67. The van der Waals surface area contributed by atoms with Crippen LogP contribution in [-0.2, 0) is 18.3 Å². The van der Waals surface area contributed by atoms with E-state index in [1.165, 1.54) is 6.07 Å². The number of benzene rings is 1. The molecule has 0 aliphatic heterocycles. The number of nitrogens with zero attached hydrogens (tertiary/aromatic N) is 2. The molecule has 0 radical (unpaired) electrons. The fourth-order valence-electron chi connectivity index (χ4n) is 2.44. The molecule has 0 bridgehead atoms. The van der Waals surface area contributed by atoms with Gasteiger partial charge in [-0.15, -0.1) is 0 Å². The van der Waals surface area contributed by atoms with Crippen LogP contribution in [-0.4, -0.2) is 31.7 Å². The van der Waals surface area contributed by atoms with Crippen molar-refractivity contribution in [2.45, 2.75) is 19.4 Å². The van der Waals surface area contributed by atoms with Crippen LogP contribution in [0.1, 0.15) is 11.3 Å². The summed E-state index contributed by atoms with van der Waals surface area (Å²) in [5.41, 5.74) is 6.93. The first-order chi connectivity index (χ1) is 9.73. The summed E-state index contributed by atoms with van der Waals surface area (Å²) in [6.45, 7) is 1.73. The van der Waals surface area contributed by atoms with E-state index < -0.39 is 16.9 Å². The largest absolute Gasteiger partial charge is 0.508 e. The molecule has 0 amide bonds. The first kappa shape index (κ1) is 14.8. The second-order valence-corrected chi connectivity index (χ2v) is 4.89. The van der Waals surface area contributed by atoms with Crippen molar-refractivity contribution >= 4 is 22.6 Å². The Bertz CT molecular complexity index is 750. The summed E-state index contributed by atoms with van der Waals surface area (Å²) in [7, 11) is 1.69. The summed E-state index contributed by atoms with van der Waals surface area (Å²) in [6, 6.07) is 1.31. The Kier molecular flexibility index (Phi) is 3.56. The number of non-ortho nitro benzene ring substituents is 1. The van der Waals surface area contributed by atoms with E-state index in [0.29, 0.717) is 22.2 Å². The third-order valence-corrected chi connectivity index (χ3v) is 3.62. The molecule has 8 nitrogen and oxygen atoms in total. The molecule has 1 aromatic heterocycles. The van der Waals surface area contributed by atoms with Gasteiger partial charge < -0.3 is 20.5 Å². The number of aromatic hydroxyl groups is 1. The highest BCUT2D eigenvalue weighted by atomic mass is 16.6. The van der Waals surface area contributed by atoms with Gasteiger partial charge in [0.2, 0.25) is 0 Å². The number of aryl methyl sites for hydroxylation is 1. The Morgan fingerprint density at radius 1 is 1.52 bits per heavy atom. The van der Waals surface area contributed by atoms with Gasteiger partial charge in [-0.3, -0.25) is 14.9 Å². The number of nitro benzene ring substituents is 1. The predicted octanol–water partition coefficient (Wildman–Crippen LogP) is 1.05. The number of nitrogens with two attached hydrogens (primary N) is 1. The number of aliphatic carboxylic acids is 1. The third kappa shape index (κ3) is 2.40. The minimum absolute atomic E-state index is 0.0237. The molecule has 8 heteroatoms. The molecule has 1 atom stereocenters. The van der Waals surface area contributed by atoms with Crippen molar-refractivity contribution in [2.75, 3.05) is 0 Å². The first-order valence-electron chi connectivity index (χ1n) is 6.17. The zero-order valence-corrected chi connectivity index (χ0v) is 11.5. The Morgan fingerprint density at radius 3 is 2.67 bits per heavy atom. The molecule has 0 fully saturated rings. The molecular formula is C13H15N3O5.